The van der Waals surface area contributed by atoms with Gasteiger partial charge in [0.05, 0.1) is 0 Å². The van der Waals surface area contributed by atoms with Crippen LogP contribution >= 0.6 is 0 Å². The molecule has 0 bridgehead atoms. The molecule has 0 spiro atoms. The minimum atomic E-state index is -1.00. The van der Waals surface area contributed by atoms with Crippen molar-refractivity contribution in [3.63, 3.8) is 0 Å². The molecule has 0 amide bonds. The Morgan fingerprint density at radius 2 is 1.25 bits per heavy atom. The fourth-order valence-electron chi connectivity index (χ4n) is 0. The van der Waals surface area contributed by atoms with E-state index in [9.17, 15) is 8.78 Å². The van der Waals surface area contributed by atoms with Crippen molar-refractivity contribution >= 4 is 0 Å². The van der Waals surface area contributed by atoms with Gasteiger partial charge in [-0.3, -0.25) is 0 Å². The fraction of sp³-hybridized carbons (Fsp3) is 0. The first-order valence-corrected chi connectivity index (χ1v) is 0.436. The van der Waals surface area contributed by atoms with E-state index in [0.717, 1.165) is 0 Å². The van der Waals surface area contributed by atoms with Crippen molar-refractivity contribution in [3.05, 3.63) is 6.93 Å². The van der Waals surface area contributed by atoms with E-state index in [1.165, 1.54) is 0 Å². The minimum absolute atomic E-state index is 0. The van der Waals surface area contributed by atoms with Crippen molar-refractivity contribution in [2.75, 3.05) is 0 Å². The van der Waals surface area contributed by atoms with Crippen molar-refractivity contribution in [1.29, 1.82) is 0 Å². The van der Waals surface area contributed by atoms with Gasteiger partial charge in [-0.15, -0.1) is 0 Å². The molecule has 22 valence electrons. The Morgan fingerprint density at radius 1 is 1.25 bits per heavy atom. The summed E-state index contributed by atoms with van der Waals surface area (Å²) in [7, 11) is 0. The molecule has 0 saturated heterocycles. The Bertz CT molecular complexity index is 6.00. The molecular formula is CHF2Zn-. The van der Waals surface area contributed by atoms with Gasteiger partial charge in [0.15, 0.2) is 0 Å². The van der Waals surface area contributed by atoms with Crippen LogP contribution in [0.25, 0.3) is 0 Å². The van der Waals surface area contributed by atoms with Gasteiger partial charge in [-0.1, -0.05) is 0 Å². The van der Waals surface area contributed by atoms with Gasteiger partial charge in [0, 0.05) is 19.5 Å². The Morgan fingerprint density at radius 3 is 1.25 bits per heavy atom. The van der Waals surface area contributed by atoms with Gasteiger partial charge in [-0.25, -0.2) is 0 Å². The summed E-state index contributed by atoms with van der Waals surface area (Å²) in [6, 6.07) is 0. The van der Waals surface area contributed by atoms with E-state index in [2.05, 4.69) is 0 Å². The number of hydrogen-bond donors (Lipinski definition) is 0. The maximum atomic E-state index is 9.50. The molecule has 0 radical (unpaired) electrons. The predicted molar refractivity (Wildman–Crippen MR) is 6.52 cm³/mol. The molecule has 0 fully saturated rings. The number of halogens is 2. The third kappa shape index (κ3) is 23.4. The SMILES string of the molecule is F[CH-]F.[Zn]. The average Bonchev–Trinajstić information content (AvgIpc) is 0.918. The number of hydrogen-bond acceptors (Lipinski definition) is 0. The summed E-state index contributed by atoms with van der Waals surface area (Å²) in [6.07, 6.45) is 0. The normalized spacial score (nSPS) is 4.50. The van der Waals surface area contributed by atoms with Crippen LogP contribution in [-0.2, 0) is 19.5 Å². The zero-order valence-electron chi connectivity index (χ0n) is 2.04. The molecule has 0 nitrogen and oxygen atoms in total. The maximum absolute atomic E-state index is 9.50. The Kier molecular flexibility index (Phi) is 21.5. The molecule has 0 aromatic carbocycles. The topological polar surface area (TPSA) is 0 Å². The molecule has 0 atom stereocenters. The Labute approximate surface area is 36.0 Å². The van der Waals surface area contributed by atoms with Crippen LogP contribution in [0.3, 0.4) is 0 Å². The summed E-state index contributed by atoms with van der Waals surface area (Å²) in [5.41, 5.74) is 0. The quantitative estimate of drug-likeness (QED) is 0.328. The summed E-state index contributed by atoms with van der Waals surface area (Å²) >= 11 is 0. The average molecular weight is 116 g/mol. The summed E-state index contributed by atoms with van der Waals surface area (Å²) in [4.78, 5) is 0. The van der Waals surface area contributed by atoms with Crippen molar-refractivity contribution in [3.8, 4) is 0 Å². The van der Waals surface area contributed by atoms with Crippen LogP contribution in [0.5, 0.6) is 0 Å². The third-order valence-electron chi connectivity index (χ3n) is 0. The van der Waals surface area contributed by atoms with Crippen LogP contribution in [0.4, 0.5) is 8.78 Å². The molecule has 0 rings (SSSR count). The molecule has 4 heavy (non-hydrogen) atoms. The van der Waals surface area contributed by atoms with Gasteiger partial charge < -0.3 is 8.78 Å². The first-order chi connectivity index (χ1) is 1.41. The van der Waals surface area contributed by atoms with E-state index >= 15 is 0 Å². The first kappa shape index (κ1) is 8.82. The second kappa shape index (κ2) is 9.76. The molecule has 0 aliphatic rings. The molecular weight excluding hydrogens is 115 g/mol. The summed E-state index contributed by atoms with van der Waals surface area (Å²) in [6.45, 7) is -1.00. The van der Waals surface area contributed by atoms with E-state index in [1.54, 1.807) is 0 Å². The second-order valence-corrected chi connectivity index (χ2v) is 0.0825. The van der Waals surface area contributed by atoms with Gasteiger partial charge >= 0.3 is 0 Å². The van der Waals surface area contributed by atoms with Crippen molar-refractivity contribution < 1.29 is 28.3 Å². The van der Waals surface area contributed by atoms with Crippen molar-refractivity contribution in [1.82, 2.24) is 0 Å². The molecule has 0 aromatic rings. The fourth-order valence-corrected chi connectivity index (χ4v) is 0. The molecule has 3 heteroatoms. The van der Waals surface area contributed by atoms with Crippen molar-refractivity contribution in [2.45, 2.75) is 0 Å². The van der Waals surface area contributed by atoms with Crippen LogP contribution in [-0.4, -0.2) is 0 Å². The predicted octanol–water partition coefficient (Wildman–Crippen LogP) is 1.04. The standard InChI is InChI=1S/CHF2.Zn/c2-1-3;/h1H;/q-1;. The maximum Gasteiger partial charge on any atom is 0 e. The summed E-state index contributed by atoms with van der Waals surface area (Å²) < 4.78 is 19.0. The Hall–Kier alpha value is 0.483. The first-order valence-electron chi connectivity index (χ1n) is 0.436. The van der Waals surface area contributed by atoms with E-state index < -0.39 is 6.93 Å². The zero-order chi connectivity index (χ0) is 2.71. The monoisotopic (exact) mass is 115 g/mol. The summed E-state index contributed by atoms with van der Waals surface area (Å²) in [5.74, 6) is 0. The largest absolute Gasteiger partial charge is 0.425 e. The van der Waals surface area contributed by atoms with Gasteiger partial charge in [0.2, 0.25) is 0 Å². The van der Waals surface area contributed by atoms with Gasteiger partial charge in [-0.05, 0) is 6.93 Å². The van der Waals surface area contributed by atoms with E-state index in [-0.39, 0.29) is 19.5 Å². The van der Waals surface area contributed by atoms with Crippen LogP contribution in [0.15, 0.2) is 0 Å². The van der Waals surface area contributed by atoms with E-state index in [1.807, 2.05) is 0 Å². The van der Waals surface area contributed by atoms with E-state index in [4.69, 9.17) is 0 Å². The molecule has 0 aromatic heterocycles. The number of rotatable bonds is 0. The van der Waals surface area contributed by atoms with Crippen LogP contribution < -0.4 is 0 Å². The summed E-state index contributed by atoms with van der Waals surface area (Å²) in [5, 5.41) is 0. The molecule has 0 saturated carbocycles. The van der Waals surface area contributed by atoms with Gasteiger partial charge in [0.1, 0.15) is 0 Å². The second-order valence-electron chi connectivity index (χ2n) is 0.0825. The molecule has 0 unspecified atom stereocenters. The Balaban J connectivity index is 0. The van der Waals surface area contributed by atoms with Crippen LogP contribution in [0.2, 0.25) is 0 Å². The molecule has 0 aliphatic heterocycles. The third-order valence-corrected chi connectivity index (χ3v) is 0. The molecule has 0 N–H and O–H groups in total. The van der Waals surface area contributed by atoms with Crippen molar-refractivity contribution in [2.24, 2.45) is 0 Å². The van der Waals surface area contributed by atoms with Crippen LogP contribution in [0, 0.1) is 6.93 Å². The van der Waals surface area contributed by atoms with Gasteiger partial charge in [-0.2, -0.15) is 0 Å². The smallest absolute Gasteiger partial charge is 0 e. The van der Waals surface area contributed by atoms with Gasteiger partial charge in [0.25, 0.3) is 0 Å². The molecule has 0 aliphatic carbocycles. The minimum Gasteiger partial charge on any atom is -0.425 e. The molecule has 0 heterocycles. The van der Waals surface area contributed by atoms with E-state index in [0.29, 0.717) is 0 Å². The zero-order valence-corrected chi connectivity index (χ0v) is 5.01. The van der Waals surface area contributed by atoms with Crippen LogP contribution in [0.1, 0.15) is 0 Å².